The fourth-order valence-corrected chi connectivity index (χ4v) is 2.34. The van der Waals surface area contributed by atoms with E-state index in [9.17, 15) is 4.79 Å². The molecule has 1 aliphatic rings. The molecular weight excluding hydrogens is 276 g/mol. The van der Waals surface area contributed by atoms with Crippen LogP contribution in [0.2, 0.25) is 0 Å². The molecule has 22 heavy (non-hydrogen) atoms. The molecule has 1 aromatic rings. The van der Waals surface area contributed by atoms with Crippen molar-refractivity contribution in [3.05, 3.63) is 35.4 Å². The van der Waals surface area contributed by atoms with Crippen LogP contribution in [0.5, 0.6) is 0 Å². The SMILES string of the molecule is CN=C(NCCc1cccc(C(=O)N(C)C)c1)NC1CC1C. The van der Waals surface area contributed by atoms with Gasteiger partial charge in [-0.2, -0.15) is 0 Å². The molecule has 1 aromatic carbocycles. The second-order valence-corrected chi connectivity index (χ2v) is 6.11. The number of nitrogens with one attached hydrogen (secondary N) is 2. The zero-order valence-electron chi connectivity index (χ0n) is 13.9. The maximum Gasteiger partial charge on any atom is 0.253 e. The van der Waals surface area contributed by atoms with Crippen molar-refractivity contribution < 1.29 is 4.79 Å². The third kappa shape index (κ3) is 4.48. The minimum Gasteiger partial charge on any atom is -0.356 e. The van der Waals surface area contributed by atoms with Crippen molar-refractivity contribution in [3.8, 4) is 0 Å². The summed E-state index contributed by atoms with van der Waals surface area (Å²) < 4.78 is 0. The fraction of sp³-hybridized carbons (Fsp3) is 0.529. The second-order valence-electron chi connectivity index (χ2n) is 6.11. The number of carbonyl (C=O) groups excluding carboxylic acids is 1. The third-order valence-corrected chi connectivity index (χ3v) is 3.94. The van der Waals surface area contributed by atoms with Crippen LogP contribution in [-0.2, 0) is 6.42 Å². The number of nitrogens with zero attached hydrogens (tertiary/aromatic N) is 2. The minimum absolute atomic E-state index is 0.0370. The zero-order chi connectivity index (χ0) is 16.1. The molecule has 5 heteroatoms. The van der Waals surface area contributed by atoms with Gasteiger partial charge in [-0.05, 0) is 36.5 Å². The number of carbonyl (C=O) groups is 1. The minimum atomic E-state index is 0.0370. The van der Waals surface area contributed by atoms with E-state index in [-0.39, 0.29) is 5.91 Å². The van der Waals surface area contributed by atoms with Crippen molar-refractivity contribution in [2.75, 3.05) is 27.7 Å². The van der Waals surface area contributed by atoms with Gasteiger partial charge in [0, 0.05) is 39.3 Å². The van der Waals surface area contributed by atoms with E-state index in [0.717, 1.165) is 36.0 Å². The molecule has 1 aliphatic carbocycles. The highest BCUT2D eigenvalue weighted by Crippen LogP contribution is 2.28. The van der Waals surface area contributed by atoms with Crippen LogP contribution in [0.1, 0.15) is 29.3 Å². The van der Waals surface area contributed by atoms with E-state index in [2.05, 4.69) is 22.5 Å². The monoisotopic (exact) mass is 302 g/mol. The predicted molar refractivity (Wildman–Crippen MR) is 90.2 cm³/mol. The molecule has 0 aliphatic heterocycles. The number of aliphatic imine (C=N–C) groups is 1. The molecule has 2 unspecified atom stereocenters. The van der Waals surface area contributed by atoms with Gasteiger partial charge < -0.3 is 15.5 Å². The van der Waals surface area contributed by atoms with Gasteiger partial charge in [0.25, 0.3) is 5.91 Å². The van der Waals surface area contributed by atoms with Crippen molar-refractivity contribution in [2.45, 2.75) is 25.8 Å². The maximum absolute atomic E-state index is 12.0. The third-order valence-electron chi connectivity index (χ3n) is 3.94. The molecule has 0 aromatic heterocycles. The summed E-state index contributed by atoms with van der Waals surface area (Å²) in [5.74, 6) is 1.64. The van der Waals surface area contributed by atoms with Crippen LogP contribution in [0.25, 0.3) is 0 Å². The standard InChI is InChI=1S/C17H26N4O/c1-12-10-15(12)20-17(18-2)19-9-8-13-6-5-7-14(11-13)16(22)21(3)4/h5-7,11-12,15H,8-10H2,1-4H3,(H2,18,19,20). The molecule has 0 heterocycles. The van der Waals surface area contributed by atoms with Gasteiger partial charge in [0.1, 0.15) is 0 Å². The van der Waals surface area contributed by atoms with Crippen LogP contribution < -0.4 is 10.6 Å². The summed E-state index contributed by atoms with van der Waals surface area (Å²) in [5, 5.41) is 6.72. The van der Waals surface area contributed by atoms with Crippen molar-refractivity contribution in [2.24, 2.45) is 10.9 Å². The molecule has 2 rings (SSSR count). The normalized spacial score (nSPS) is 20.5. The van der Waals surface area contributed by atoms with E-state index in [0.29, 0.717) is 6.04 Å². The lowest BCUT2D eigenvalue weighted by molar-refractivity contribution is 0.0827. The Morgan fingerprint density at radius 3 is 2.73 bits per heavy atom. The lowest BCUT2D eigenvalue weighted by Crippen LogP contribution is -2.39. The molecule has 120 valence electrons. The first-order valence-electron chi connectivity index (χ1n) is 7.79. The first-order chi connectivity index (χ1) is 10.5. The molecule has 2 atom stereocenters. The Balaban J connectivity index is 1.83. The molecule has 2 N–H and O–H groups in total. The van der Waals surface area contributed by atoms with Crippen molar-refractivity contribution in [3.63, 3.8) is 0 Å². The average Bonchev–Trinajstić information content (AvgIpc) is 3.20. The number of benzene rings is 1. The Hall–Kier alpha value is -2.04. The molecule has 0 saturated heterocycles. The van der Waals surface area contributed by atoms with Crippen LogP contribution >= 0.6 is 0 Å². The van der Waals surface area contributed by atoms with Crippen molar-refractivity contribution >= 4 is 11.9 Å². The van der Waals surface area contributed by atoms with Gasteiger partial charge in [0.15, 0.2) is 5.96 Å². The molecule has 1 fully saturated rings. The number of amides is 1. The van der Waals surface area contributed by atoms with Crippen LogP contribution in [0.15, 0.2) is 29.3 Å². The van der Waals surface area contributed by atoms with Crippen LogP contribution in [0.4, 0.5) is 0 Å². The molecule has 0 spiro atoms. The summed E-state index contributed by atoms with van der Waals surface area (Å²) in [7, 11) is 5.33. The van der Waals surface area contributed by atoms with E-state index in [1.165, 1.54) is 6.42 Å². The Morgan fingerprint density at radius 2 is 2.14 bits per heavy atom. The number of hydrogen-bond acceptors (Lipinski definition) is 2. The van der Waals surface area contributed by atoms with Gasteiger partial charge in [0.05, 0.1) is 0 Å². The predicted octanol–water partition coefficient (Wildman–Crippen LogP) is 1.50. The van der Waals surface area contributed by atoms with Crippen molar-refractivity contribution in [1.82, 2.24) is 15.5 Å². The van der Waals surface area contributed by atoms with Gasteiger partial charge in [-0.3, -0.25) is 9.79 Å². The van der Waals surface area contributed by atoms with Crippen LogP contribution in [0.3, 0.4) is 0 Å². The Bertz CT molecular complexity index is 553. The first kappa shape index (κ1) is 16.3. The van der Waals surface area contributed by atoms with E-state index >= 15 is 0 Å². The van der Waals surface area contributed by atoms with Crippen molar-refractivity contribution in [1.29, 1.82) is 0 Å². The summed E-state index contributed by atoms with van der Waals surface area (Å²) >= 11 is 0. The highest BCUT2D eigenvalue weighted by molar-refractivity contribution is 5.94. The highest BCUT2D eigenvalue weighted by atomic mass is 16.2. The highest BCUT2D eigenvalue weighted by Gasteiger charge is 2.33. The largest absolute Gasteiger partial charge is 0.356 e. The summed E-state index contributed by atoms with van der Waals surface area (Å²) in [4.78, 5) is 17.8. The van der Waals surface area contributed by atoms with E-state index in [1.54, 1.807) is 26.0 Å². The van der Waals surface area contributed by atoms with E-state index in [1.807, 2.05) is 24.3 Å². The zero-order valence-corrected chi connectivity index (χ0v) is 13.9. The smallest absolute Gasteiger partial charge is 0.253 e. The lowest BCUT2D eigenvalue weighted by Gasteiger charge is -2.13. The topological polar surface area (TPSA) is 56.7 Å². The van der Waals surface area contributed by atoms with Gasteiger partial charge in [0.2, 0.25) is 0 Å². The van der Waals surface area contributed by atoms with Crippen LogP contribution in [0, 0.1) is 5.92 Å². The quantitative estimate of drug-likeness (QED) is 0.640. The van der Waals surface area contributed by atoms with E-state index in [4.69, 9.17) is 0 Å². The summed E-state index contributed by atoms with van der Waals surface area (Å²) in [6.07, 6.45) is 2.07. The molecule has 0 radical (unpaired) electrons. The molecular formula is C17H26N4O. The number of guanidine groups is 1. The van der Waals surface area contributed by atoms with E-state index < -0.39 is 0 Å². The molecule has 0 bridgehead atoms. The van der Waals surface area contributed by atoms with Gasteiger partial charge in [-0.25, -0.2) is 0 Å². The summed E-state index contributed by atoms with van der Waals surface area (Å²) in [5.41, 5.74) is 1.88. The molecule has 1 amide bonds. The fourth-order valence-electron chi connectivity index (χ4n) is 2.34. The van der Waals surface area contributed by atoms with Gasteiger partial charge >= 0.3 is 0 Å². The Labute approximate surface area is 132 Å². The number of rotatable bonds is 5. The average molecular weight is 302 g/mol. The molecule has 5 nitrogen and oxygen atoms in total. The van der Waals surface area contributed by atoms with Gasteiger partial charge in [-0.1, -0.05) is 19.1 Å². The maximum atomic E-state index is 12.0. The molecule has 1 saturated carbocycles. The number of hydrogen-bond donors (Lipinski definition) is 2. The Morgan fingerprint density at radius 1 is 1.41 bits per heavy atom. The summed E-state index contributed by atoms with van der Waals surface area (Å²) in [6, 6.07) is 8.36. The van der Waals surface area contributed by atoms with Crippen LogP contribution in [-0.4, -0.2) is 50.5 Å². The van der Waals surface area contributed by atoms with Gasteiger partial charge in [-0.15, -0.1) is 0 Å². The second kappa shape index (κ2) is 7.29. The lowest BCUT2D eigenvalue weighted by atomic mass is 10.1. The Kier molecular flexibility index (Phi) is 5.41. The summed E-state index contributed by atoms with van der Waals surface area (Å²) in [6.45, 7) is 3.03. The first-order valence-corrected chi connectivity index (χ1v) is 7.79.